The molecule has 84 valence electrons. The van der Waals surface area contributed by atoms with Crippen molar-refractivity contribution in [3.8, 4) is 6.07 Å². The molecule has 0 aliphatic heterocycles. The summed E-state index contributed by atoms with van der Waals surface area (Å²) in [4.78, 5) is 15.5. The first-order valence-corrected chi connectivity index (χ1v) is 5.97. The normalized spacial score (nSPS) is 27.9. The Morgan fingerprint density at radius 3 is 3.00 bits per heavy atom. The molecule has 0 N–H and O–H groups in total. The zero-order chi connectivity index (χ0) is 11.8. The average molecular weight is 236 g/mol. The second-order valence-corrected chi connectivity index (χ2v) is 4.91. The van der Waals surface area contributed by atoms with Crippen molar-refractivity contribution in [3.63, 3.8) is 0 Å². The van der Waals surface area contributed by atoms with E-state index in [9.17, 15) is 10.1 Å². The summed E-state index contributed by atoms with van der Waals surface area (Å²) < 4.78 is 4.60. The molecular weight excluding hydrogens is 224 g/mol. The van der Waals surface area contributed by atoms with Crippen LogP contribution < -0.4 is 0 Å². The number of rotatable bonds is 2. The highest BCUT2D eigenvalue weighted by Gasteiger charge is 2.48. The minimum Gasteiger partial charge on any atom is -0.464 e. The van der Waals surface area contributed by atoms with Gasteiger partial charge in [0.05, 0.1) is 13.2 Å². The summed E-state index contributed by atoms with van der Waals surface area (Å²) in [6.07, 6.45) is 1.87. The van der Waals surface area contributed by atoms with Gasteiger partial charge in [-0.1, -0.05) is 6.92 Å². The van der Waals surface area contributed by atoms with Gasteiger partial charge in [0, 0.05) is 5.38 Å². The Bertz CT molecular complexity index is 463. The van der Waals surface area contributed by atoms with Gasteiger partial charge in [-0.3, -0.25) is 0 Å². The van der Waals surface area contributed by atoms with Crippen LogP contribution in [0.5, 0.6) is 0 Å². The number of carbonyl (C=O) groups is 1. The zero-order valence-electron chi connectivity index (χ0n) is 9.19. The molecule has 0 bridgehead atoms. The summed E-state index contributed by atoms with van der Waals surface area (Å²) in [5.74, 6) is -0.128. The minimum absolute atomic E-state index is 0.302. The van der Waals surface area contributed by atoms with Gasteiger partial charge in [0.1, 0.15) is 10.4 Å². The smallest absolute Gasteiger partial charge is 0.357 e. The van der Waals surface area contributed by atoms with E-state index in [2.05, 4.69) is 15.8 Å². The maximum absolute atomic E-state index is 11.3. The van der Waals surface area contributed by atoms with Crippen LogP contribution in [0.4, 0.5) is 0 Å². The highest BCUT2D eigenvalue weighted by Crippen LogP contribution is 2.48. The highest BCUT2D eigenvalue weighted by molar-refractivity contribution is 7.10. The number of hydrogen-bond donors (Lipinski definition) is 0. The van der Waals surface area contributed by atoms with Crippen molar-refractivity contribution < 1.29 is 9.53 Å². The van der Waals surface area contributed by atoms with Crippen LogP contribution in [-0.4, -0.2) is 18.1 Å². The molecule has 1 heterocycles. The van der Waals surface area contributed by atoms with E-state index in [0.29, 0.717) is 11.6 Å². The van der Waals surface area contributed by atoms with Crippen LogP contribution in [0.1, 0.15) is 35.3 Å². The van der Waals surface area contributed by atoms with Crippen LogP contribution in [0.2, 0.25) is 0 Å². The minimum atomic E-state index is -0.475. The van der Waals surface area contributed by atoms with Gasteiger partial charge in [-0.15, -0.1) is 11.3 Å². The Morgan fingerprint density at radius 2 is 2.56 bits per heavy atom. The van der Waals surface area contributed by atoms with E-state index >= 15 is 0 Å². The Kier molecular flexibility index (Phi) is 2.68. The quantitative estimate of drug-likeness (QED) is 0.738. The Balaban J connectivity index is 2.32. The number of aromatic nitrogens is 1. The number of thiazole rings is 1. The van der Waals surface area contributed by atoms with Crippen molar-refractivity contribution in [3.05, 3.63) is 16.1 Å². The first-order chi connectivity index (χ1) is 7.64. The van der Waals surface area contributed by atoms with Crippen LogP contribution in [0.15, 0.2) is 5.38 Å². The molecule has 1 saturated carbocycles. The monoisotopic (exact) mass is 236 g/mol. The summed E-state index contributed by atoms with van der Waals surface area (Å²) >= 11 is 1.37. The lowest BCUT2D eigenvalue weighted by atomic mass is 9.62. The molecule has 1 aromatic heterocycles. The summed E-state index contributed by atoms with van der Waals surface area (Å²) in [6.45, 7) is 2.05. The molecular formula is C11H12N2O2S. The second-order valence-electron chi connectivity index (χ2n) is 4.05. The molecule has 1 aliphatic carbocycles. The highest BCUT2D eigenvalue weighted by atomic mass is 32.1. The Morgan fingerprint density at radius 1 is 1.81 bits per heavy atom. The van der Waals surface area contributed by atoms with Crippen LogP contribution in [0.25, 0.3) is 0 Å². The molecule has 0 spiro atoms. The zero-order valence-corrected chi connectivity index (χ0v) is 10.0. The number of carbonyl (C=O) groups excluding carboxylic acids is 1. The fourth-order valence-electron chi connectivity index (χ4n) is 1.93. The van der Waals surface area contributed by atoms with E-state index in [0.717, 1.165) is 17.8 Å². The first-order valence-electron chi connectivity index (χ1n) is 5.09. The number of methoxy groups -OCH3 is 1. The molecule has 1 aliphatic rings. The third-order valence-corrected chi connectivity index (χ3v) is 4.31. The molecule has 1 aromatic rings. The van der Waals surface area contributed by atoms with Gasteiger partial charge >= 0.3 is 5.97 Å². The van der Waals surface area contributed by atoms with E-state index in [1.54, 1.807) is 5.38 Å². The molecule has 4 nitrogen and oxygen atoms in total. The number of hydrogen-bond acceptors (Lipinski definition) is 5. The molecule has 16 heavy (non-hydrogen) atoms. The molecule has 0 saturated heterocycles. The third kappa shape index (κ3) is 1.41. The average Bonchev–Trinajstić information content (AvgIpc) is 2.77. The van der Waals surface area contributed by atoms with Crippen LogP contribution in [0, 0.1) is 17.2 Å². The number of esters is 1. The molecule has 5 heteroatoms. The van der Waals surface area contributed by atoms with Crippen molar-refractivity contribution in [2.24, 2.45) is 5.92 Å². The van der Waals surface area contributed by atoms with E-state index < -0.39 is 11.4 Å². The third-order valence-electron chi connectivity index (χ3n) is 3.29. The SMILES string of the molecule is COC(=O)c1csc(C2(C#N)CCC2C)n1. The topological polar surface area (TPSA) is 63.0 Å². The fourth-order valence-corrected chi connectivity index (χ4v) is 3.01. The molecule has 0 amide bonds. The number of nitriles is 1. The summed E-state index contributed by atoms with van der Waals surface area (Å²) in [5, 5.41) is 11.7. The lowest BCUT2D eigenvalue weighted by Crippen LogP contribution is -2.41. The van der Waals surface area contributed by atoms with Gasteiger partial charge in [-0.05, 0) is 18.8 Å². The van der Waals surface area contributed by atoms with Crippen LogP contribution in [-0.2, 0) is 10.2 Å². The molecule has 0 aromatic carbocycles. The number of ether oxygens (including phenoxy) is 1. The van der Waals surface area contributed by atoms with Gasteiger partial charge in [-0.2, -0.15) is 5.26 Å². The van der Waals surface area contributed by atoms with Gasteiger partial charge in [0.25, 0.3) is 0 Å². The first kappa shape index (κ1) is 11.1. The van der Waals surface area contributed by atoms with E-state index in [-0.39, 0.29) is 0 Å². The van der Waals surface area contributed by atoms with Crippen molar-refractivity contribution in [2.75, 3.05) is 7.11 Å². The number of nitrogens with zero attached hydrogens (tertiary/aromatic N) is 2. The molecule has 2 rings (SSSR count). The summed E-state index contributed by atoms with van der Waals surface area (Å²) in [5.41, 5.74) is -0.173. The van der Waals surface area contributed by atoms with Crippen molar-refractivity contribution in [2.45, 2.75) is 25.2 Å². The largest absolute Gasteiger partial charge is 0.464 e. The Labute approximate surface area is 97.9 Å². The van der Waals surface area contributed by atoms with Crippen molar-refractivity contribution >= 4 is 17.3 Å². The molecule has 2 unspecified atom stereocenters. The molecule has 1 fully saturated rings. The van der Waals surface area contributed by atoms with Gasteiger partial charge < -0.3 is 4.74 Å². The second kappa shape index (κ2) is 3.87. The van der Waals surface area contributed by atoms with Gasteiger partial charge in [0.15, 0.2) is 5.69 Å². The summed E-state index contributed by atoms with van der Waals surface area (Å²) in [6, 6.07) is 2.35. The predicted octanol–water partition coefficient (Wildman–Crippen LogP) is 2.12. The molecule has 2 atom stereocenters. The van der Waals surface area contributed by atoms with Gasteiger partial charge in [-0.25, -0.2) is 9.78 Å². The van der Waals surface area contributed by atoms with Crippen molar-refractivity contribution in [1.29, 1.82) is 5.26 Å². The van der Waals surface area contributed by atoms with Crippen LogP contribution in [0.3, 0.4) is 0 Å². The standard InChI is InChI=1S/C11H12N2O2S/c1-7-3-4-11(7,6-12)10-13-8(5-16-10)9(14)15-2/h5,7H,3-4H2,1-2H3. The lowest BCUT2D eigenvalue weighted by molar-refractivity contribution is 0.0594. The van der Waals surface area contributed by atoms with Crippen LogP contribution >= 0.6 is 11.3 Å². The fraction of sp³-hybridized carbons (Fsp3) is 0.545. The Hall–Kier alpha value is -1.41. The van der Waals surface area contributed by atoms with E-state index in [1.807, 2.05) is 6.92 Å². The lowest BCUT2D eigenvalue weighted by Gasteiger charge is -2.40. The summed E-state index contributed by atoms with van der Waals surface area (Å²) in [7, 11) is 1.33. The maximum atomic E-state index is 11.3. The van der Waals surface area contributed by atoms with E-state index in [4.69, 9.17) is 0 Å². The van der Waals surface area contributed by atoms with Gasteiger partial charge in [0.2, 0.25) is 0 Å². The predicted molar refractivity (Wildman–Crippen MR) is 59.1 cm³/mol. The molecule has 0 radical (unpaired) electrons. The van der Waals surface area contributed by atoms with Crippen molar-refractivity contribution in [1.82, 2.24) is 4.98 Å². The maximum Gasteiger partial charge on any atom is 0.357 e. The van der Waals surface area contributed by atoms with E-state index in [1.165, 1.54) is 18.4 Å².